The van der Waals surface area contributed by atoms with Crippen LogP contribution in [0.2, 0.25) is 0 Å². The number of thiazole rings is 1. The van der Waals surface area contributed by atoms with Gasteiger partial charge in [-0.15, -0.1) is 11.3 Å². The highest BCUT2D eigenvalue weighted by Gasteiger charge is 2.05. The van der Waals surface area contributed by atoms with Gasteiger partial charge in [-0.2, -0.15) is 0 Å². The summed E-state index contributed by atoms with van der Waals surface area (Å²) in [6, 6.07) is 7.64. The van der Waals surface area contributed by atoms with Crippen LogP contribution >= 0.6 is 11.3 Å². The molecule has 122 valence electrons. The zero-order chi connectivity index (χ0) is 16.7. The van der Waals surface area contributed by atoms with Crippen molar-refractivity contribution in [3.8, 4) is 0 Å². The van der Waals surface area contributed by atoms with Gasteiger partial charge in [0.25, 0.3) is 0 Å². The van der Waals surface area contributed by atoms with Crippen LogP contribution in [0.25, 0.3) is 0 Å². The second-order valence-corrected chi connectivity index (χ2v) is 6.30. The van der Waals surface area contributed by atoms with E-state index in [0.717, 1.165) is 28.4 Å². The lowest BCUT2D eigenvalue weighted by Crippen LogP contribution is -2.25. The van der Waals surface area contributed by atoms with Crippen molar-refractivity contribution >= 4 is 28.8 Å². The van der Waals surface area contributed by atoms with E-state index < -0.39 is 0 Å². The van der Waals surface area contributed by atoms with Crippen molar-refractivity contribution in [3.05, 3.63) is 45.9 Å². The number of amides is 2. The summed E-state index contributed by atoms with van der Waals surface area (Å²) in [7, 11) is 0. The molecule has 0 fully saturated rings. The Morgan fingerprint density at radius 3 is 2.52 bits per heavy atom. The van der Waals surface area contributed by atoms with Gasteiger partial charge in [0.15, 0.2) is 0 Å². The normalized spacial score (nSPS) is 10.3. The molecule has 6 heteroatoms. The Labute approximate surface area is 140 Å². The predicted octanol–water partition coefficient (Wildman–Crippen LogP) is 2.70. The Morgan fingerprint density at radius 1 is 1.17 bits per heavy atom. The van der Waals surface area contributed by atoms with Crippen LogP contribution in [-0.2, 0) is 22.4 Å². The van der Waals surface area contributed by atoms with Crippen LogP contribution in [0.4, 0.5) is 5.69 Å². The van der Waals surface area contributed by atoms with Crippen LogP contribution in [-0.4, -0.2) is 23.3 Å². The molecule has 23 heavy (non-hydrogen) atoms. The molecule has 2 rings (SSSR count). The Kier molecular flexibility index (Phi) is 6.29. The zero-order valence-electron chi connectivity index (χ0n) is 13.4. The van der Waals surface area contributed by atoms with Crippen molar-refractivity contribution in [2.24, 2.45) is 0 Å². The highest BCUT2D eigenvalue weighted by molar-refractivity contribution is 7.09. The minimum absolute atomic E-state index is 0.0488. The first-order valence-corrected chi connectivity index (χ1v) is 8.45. The van der Waals surface area contributed by atoms with Crippen molar-refractivity contribution in [1.82, 2.24) is 10.3 Å². The van der Waals surface area contributed by atoms with E-state index in [1.165, 1.54) is 6.92 Å². The number of benzene rings is 1. The summed E-state index contributed by atoms with van der Waals surface area (Å²) in [4.78, 5) is 27.1. The average Bonchev–Trinajstić information content (AvgIpc) is 2.92. The SMILES string of the molecule is CC(=O)Nc1ccc(CCNC(=O)CCc2nc(C)cs2)cc1. The third kappa shape index (κ3) is 6.20. The highest BCUT2D eigenvalue weighted by Crippen LogP contribution is 2.11. The number of carbonyl (C=O) groups excluding carboxylic acids is 2. The summed E-state index contributed by atoms with van der Waals surface area (Å²) in [6.45, 7) is 4.04. The molecule has 0 aliphatic carbocycles. The van der Waals surface area contributed by atoms with E-state index in [9.17, 15) is 9.59 Å². The van der Waals surface area contributed by atoms with Gasteiger partial charge in [-0.3, -0.25) is 9.59 Å². The quantitative estimate of drug-likeness (QED) is 0.819. The maximum absolute atomic E-state index is 11.8. The zero-order valence-corrected chi connectivity index (χ0v) is 14.2. The van der Waals surface area contributed by atoms with Crippen LogP contribution in [0.15, 0.2) is 29.6 Å². The third-order valence-corrected chi connectivity index (χ3v) is 4.27. The van der Waals surface area contributed by atoms with Crippen LogP contribution in [0, 0.1) is 6.92 Å². The highest BCUT2D eigenvalue weighted by atomic mass is 32.1. The molecule has 0 saturated heterocycles. The summed E-state index contributed by atoms with van der Waals surface area (Å²) in [5.41, 5.74) is 2.91. The van der Waals surface area contributed by atoms with E-state index in [0.29, 0.717) is 19.4 Å². The number of aromatic nitrogens is 1. The molecule has 0 aliphatic heterocycles. The van der Waals surface area contributed by atoms with Crippen molar-refractivity contribution in [2.75, 3.05) is 11.9 Å². The second kappa shape index (κ2) is 8.43. The Balaban J connectivity index is 1.67. The predicted molar refractivity (Wildman–Crippen MR) is 92.6 cm³/mol. The van der Waals surface area contributed by atoms with Gasteiger partial charge in [-0.1, -0.05) is 12.1 Å². The number of hydrogen-bond acceptors (Lipinski definition) is 4. The number of nitrogens with zero attached hydrogens (tertiary/aromatic N) is 1. The van der Waals surface area contributed by atoms with Crippen molar-refractivity contribution in [3.63, 3.8) is 0 Å². The number of rotatable bonds is 7. The molecular formula is C17H21N3O2S. The fourth-order valence-corrected chi connectivity index (χ4v) is 2.91. The summed E-state index contributed by atoms with van der Waals surface area (Å²) in [5.74, 6) is -0.0341. The Hall–Kier alpha value is -2.21. The molecule has 2 N–H and O–H groups in total. The van der Waals surface area contributed by atoms with Gasteiger partial charge in [-0.25, -0.2) is 4.98 Å². The molecule has 1 heterocycles. The monoisotopic (exact) mass is 331 g/mol. The van der Waals surface area contributed by atoms with E-state index in [-0.39, 0.29) is 11.8 Å². The lowest BCUT2D eigenvalue weighted by atomic mass is 10.1. The summed E-state index contributed by atoms with van der Waals surface area (Å²) in [6.07, 6.45) is 1.92. The lowest BCUT2D eigenvalue weighted by molar-refractivity contribution is -0.121. The first kappa shape index (κ1) is 17.1. The molecule has 0 unspecified atom stereocenters. The lowest BCUT2D eigenvalue weighted by Gasteiger charge is -2.06. The van der Waals surface area contributed by atoms with Gasteiger partial charge in [-0.05, 0) is 31.0 Å². The Bertz CT molecular complexity index is 665. The average molecular weight is 331 g/mol. The molecule has 1 aromatic heterocycles. The van der Waals surface area contributed by atoms with Gasteiger partial charge in [0.2, 0.25) is 11.8 Å². The van der Waals surface area contributed by atoms with Crippen molar-refractivity contribution in [1.29, 1.82) is 0 Å². The summed E-state index contributed by atoms with van der Waals surface area (Å²) < 4.78 is 0. The second-order valence-electron chi connectivity index (χ2n) is 5.36. The number of nitrogens with one attached hydrogen (secondary N) is 2. The topological polar surface area (TPSA) is 71.1 Å². The van der Waals surface area contributed by atoms with Crippen LogP contribution in [0.1, 0.15) is 29.6 Å². The molecule has 0 aliphatic rings. The summed E-state index contributed by atoms with van der Waals surface area (Å²) >= 11 is 1.60. The molecule has 0 bridgehead atoms. The largest absolute Gasteiger partial charge is 0.356 e. The standard InChI is InChI=1S/C17H21N3O2S/c1-12-11-23-17(19-12)8-7-16(22)18-10-9-14-3-5-15(6-4-14)20-13(2)21/h3-6,11H,7-10H2,1-2H3,(H,18,22)(H,20,21). The van der Waals surface area contributed by atoms with Gasteiger partial charge in [0.1, 0.15) is 0 Å². The van der Waals surface area contributed by atoms with Crippen LogP contribution in [0.5, 0.6) is 0 Å². The first-order valence-electron chi connectivity index (χ1n) is 7.57. The number of carbonyl (C=O) groups is 2. The van der Waals surface area contributed by atoms with E-state index >= 15 is 0 Å². The molecule has 0 radical (unpaired) electrons. The molecule has 2 aromatic rings. The van der Waals surface area contributed by atoms with E-state index in [4.69, 9.17) is 0 Å². The summed E-state index contributed by atoms with van der Waals surface area (Å²) in [5, 5.41) is 8.65. The molecule has 0 saturated carbocycles. The maximum Gasteiger partial charge on any atom is 0.221 e. The van der Waals surface area contributed by atoms with Gasteiger partial charge in [0, 0.05) is 43.1 Å². The van der Waals surface area contributed by atoms with Crippen LogP contribution < -0.4 is 10.6 Å². The first-order chi connectivity index (χ1) is 11.0. The number of hydrogen-bond donors (Lipinski definition) is 2. The molecule has 1 aromatic carbocycles. The molecule has 2 amide bonds. The molecule has 5 nitrogen and oxygen atoms in total. The van der Waals surface area contributed by atoms with E-state index in [2.05, 4.69) is 15.6 Å². The van der Waals surface area contributed by atoms with Crippen molar-refractivity contribution in [2.45, 2.75) is 33.1 Å². The fraction of sp³-hybridized carbons (Fsp3) is 0.353. The molecular weight excluding hydrogens is 310 g/mol. The van der Waals surface area contributed by atoms with Crippen LogP contribution in [0.3, 0.4) is 0 Å². The Morgan fingerprint density at radius 2 is 1.91 bits per heavy atom. The smallest absolute Gasteiger partial charge is 0.221 e. The van der Waals surface area contributed by atoms with Gasteiger partial charge in [0.05, 0.1) is 5.01 Å². The minimum Gasteiger partial charge on any atom is -0.356 e. The molecule has 0 spiro atoms. The number of anilines is 1. The van der Waals surface area contributed by atoms with E-state index in [1.807, 2.05) is 36.6 Å². The maximum atomic E-state index is 11.8. The third-order valence-electron chi connectivity index (χ3n) is 3.24. The fourth-order valence-electron chi connectivity index (χ4n) is 2.13. The van der Waals surface area contributed by atoms with E-state index in [1.54, 1.807) is 11.3 Å². The van der Waals surface area contributed by atoms with Gasteiger partial charge < -0.3 is 10.6 Å². The van der Waals surface area contributed by atoms with Gasteiger partial charge >= 0.3 is 0 Å². The molecule has 0 atom stereocenters. The minimum atomic E-state index is -0.0829. The number of aryl methyl sites for hydroxylation is 2. The van der Waals surface area contributed by atoms with Crippen molar-refractivity contribution < 1.29 is 9.59 Å².